The van der Waals surface area contributed by atoms with Gasteiger partial charge < -0.3 is 9.88 Å². The van der Waals surface area contributed by atoms with Gasteiger partial charge in [0.05, 0.1) is 6.33 Å². The van der Waals surface area contributed by atoms with Gasteiger partial charge in [0.1, 0.15) is 0 Å². The Morgan fingerprint density at radius 2 is 2.41 bits per heavy atom. The maximum absolute atomic E-state index is 4.13. The van der Waals surface area contributed by atoms with Crippen molar-refractivity contribution in [3.8, 4) is 0 Å². The third kappa shape index (κ3) is 2.24. The number of hydrogen-bond donors (Lipinski definition) is 2. The first-order valence-electron chi connectivity index (χ1n) is 6.12. The molecule has 1 fully saturated rings. The molecule has 2 aromatic rings. The van der Waals surface area contributed by atoms with Crippen molar-refractivity contribution in [2.45, 2.75) is 37.9 Å². The van der Waals surface area contributed by atoms with Crippen LogP contribution in [0.2, 0.25) is 0 Å². The van der Waals surface area contributed by atoms with E-state index < -0.39 is 0 Å². The monoisotopic (exact) mass is 231 g/mol. The molecule has 0 saturated heterocycles. The van der Waals surface area contributed by atoms with Crippen molar-refractivity contribution in [2.24, 2.45) is 0 Å². The van der Waals surface area contributed by atoms with Gasteiger partial charge in [0.2, 0.25) is 0 Å². The van der Waals surface area contributed by atoms with Crippen LogP contribution in [-0.2, 0) is 6.54 Å². The lowest BCUT2D eigenvalue weighted by Crippen LogP contribution is -2.33. The molecule has 2 aromatic heterocycles. The highest BCUT2D eigenvalue weighted by molar-refractivity contribution is 4.99. The normalized spacial score (nSPS) is 24.2. The van der Waals surface area contributed by atoms with E-state index in [1.54, 1.807) is 6.20 Å². The topological polar surface area (TPSA) is 58.5 Å². The van der Waals surface area contributed by atoms with Crippen LogP contribution in [0.15, 0.2) is 31.0 Å². The Morgan fingerprint density at radius 3 is 3.18 bits per heavy atom. The van der Waals surface area contributed by atoms with Crippen molar-refractivity contribution in [3.63, 3.8) is 0 Å². The molecule has 0 aliphatic heterocycles. The fourth-order valence-corrected chi connectivity index (χ4v) is 2.63. The summed E-state index contributed by atoms with van der Waals surface area (Å²) in [6.45, 7) is 0.857. The summed E-state index contributed by atoms with van der Waals surface area (Å²) in [5.41, 5.74) is 1.14. The number of nitrogens with zero attached hydrogens (tertiary/aromatic N) is 3. The fraction of sp³-hybridized carbons (Fsp3) is 0.500. The van der Waals surface area contributed by atoms with Gasteiger partial charge in [0, 0.05) is 42.9 Å². The van der Waals surface area contributed by atoms with Gasteiger partial charge in [-0.25, -0.2) is 4.98 Å². The van der Waals surface area contributed by atoms with Gasteiger partial charge in [-0.05, 0) is 25.3 Å². The molecule has 0 amide bonds. The van der Waals surface area contributed by atoms with Crippen LogP contribution < -0.4 is 5.32 Å². The van der Waals surface area contributed by atoms with Crippen molar-refractivity contribution in [2.75, 3.05) is 0 Å². The molecule has 2 N–H and O–H groups in total. The van der Waals surface area contributed by atoms with Crippen LogP contribution in [0.3, 0.4) is 0 Å². The Balaban J connectivity index is 1.62. The van der Waals surface area contributed by atoms with Crippen LogP contribution in [-0.4, -0.2) is 25.8 Å². The van der Waals surface area contributed by atoms with Crippen molar-refractivity contribution in [3.05, 3.63) is 36.7 Å². The average Bonchev–Trinajstić information content (AvgIpc) is 3.09. The molecule has 1 aliphatic carbocycles. The Bertz CT molecular complexity index is 433. The summed E-state index contributed by atoms with van der Waals surface area (Å²) in [6, 6.07) is 3.08. The summed E-state index contributed by atoms with van der Waals surface area (Å²) in [5.74, 6) is 0. The first-order chi connectivity index (χ1) is 8.43. The van der Waals surface area contributed by atoms with Crippen LogP contribution in [0.4, 0.5) is 0 Å². The number of aromatic nitrogens is 4. The van der Waals surface area contributed by atoms with E-state index in [1.165, 1.54) is 19.3 Å². The van der Waals surface area contributed by atoms with E-state index in [0.29, 0.717) is 12.1 Å². The highest BCUT2D eigenvalue weighted by Crippen LogP contribution is 2.29. The van der Waals surface area contributed by atoms with Crippen LogP contribution in [0.25, 0.3) is 0 Å². The predicted octanol–water partition coefficient (Wildman–Crippen LogP) is 1.49. The second-order valence-corrected chi connectivity index (χ2v) is 4.58. The van der Waals surface area contributed by atoms with E-state index in [1.807, 2.05) is 18.6 Å². The first-order valence-corrected chi connectivity index (χ1v) is 6.12. The molecule has 1 aliphatic rings. The van der Waals surface area contributed by atoms with Gasteiger partial charge in [-0.15, -0.1) is 0 Å². The lowest BCUT2D eigenvalue weighted by atomic mass is 10.1. The van der Waals surface area contributed by atoms with Crippen molar-refractivity contribution in [1.29, 1.82) is 0 Å². The molecule has 17 heavy (non-hydrogen) atoms. The summed E-state index contributed by atoms with van der Waals surface area (Å²) >= 11 is 0. The van der Waals surface area contributed by atoms with Crippen molar-refractivity contribution in [1.82, 2.24) is 25.1 Å². The number of hydrogen-bond acceptors (Lipinski definition) is 3. The molecule has 90 valence electrons. The molecule has 2 unspecified atom stereocenters. The molecule has 5 nitrogen and oxygen atoms in total. The van der Waals surface area contributed by atoms with E-state index in [0.717, 1.165) is 12.2 Å². The van der Waals surface area contributed by atoms with Gasteiger partial charge in [0.15, 0.2) is 0 Å². The van der Waals surface area contributed by atoms with Crippen LogP contribution in [0, 0.1) is 0 Å². The predicted molar refractivity (Wildman–Crippen MR) is 64.3 cm³/mol. The number of rotatable bonds is 4. The van der Waals surface area contributed by atoms with E-state index >= 15 is 0 Å². The minimum atomic E-state index is 0.535. The molecule has 0 bridgehead atoms. The Hall–Kier alpha value is -1.62. The highest BCUT2D eigenvalue weighted by Gasteiger charge is 2.27. The molecule has 0 spiro atoms. The Morgan fingerprint density at radius 1 is 1.41 bits per heavy atom. The van der Waals surface area contributed by atoms with Gasteiger partial charge in [-0.2, -0.15) is 5.10 Å². The molecular weight excluding hydrogens is 214 g/mol. The molecular formula is C12H17N5. The zero-order valence-corrected chi connectivity index (χ0v) is 9.71. The maximum Gasteiger partial charge on any atom is 0.0949 e. The van der Waals surface area contributed by atoms with Gasteiger partial charge in [0.25, 0.3) is 0 Å². The maximum atomic E-state index is 4.13. The molecule has 1 saturated carbocycles. The Labute approximate surface area is 100 Å². The number of H-pyrrole nitrogens is 1. The van der Waals surface area contributed by atoms with Crippen LogP contribution in [0.5, 0.6) is 0 Å². The summed E-state index contributed by atoms with van der Waals surface area (Å²) in [7, 11) is 0. The molecule has 2 heterocycles. The van der Waals surface area contributed by atoms with E-state index in [4.69, 9.17) is 0 Å². The van der Waals surface area contributed by atoms with Crippen LogP contribution >= 0.6 is 0 Å². The lowest BCUT2D eigenvalue weighted by Gasteiger charge is -2.21. The van der Waals surface area contributed by atoms with Gasteiger partial charge >= 0.3 is 0 Å². The van der Waals surface area contributed by atoms with Gasteiger partial charge in [-0.3, -0.25) is 5.10 Å². The quantitative estimate of drug-likeness (QED) is 0.838. The molecule has 0 aromatic carbocycles. The van der Waals surface area contributed by atoms with E-state index in [2.05, 4.69) is 31.3 Å². The largest absolute Gasteiger partial charge is 0.333 e. The highest BCUT2D eigenvalue weighted by atomic mass is 15.1. The van der Waals surface area contributed by atoms with Crippen molar-refractivity contribution < 1.29 is 0 Å². The molecule has 5 heteroatoms. The smallest absolute Gasteiger partial charge is 0.0949 e. The summed E-state index contributed by atoms with van der Waals surface area (Å²) < 4.78 is 2.22. The second-order valence-electron chi connectivity index (χ2n) is 4.58. The Kier molecular flexibility index (Phi) is 2.92. The zero-order valence-electron chi connectivity index (χ0n) is 9.71. The van der Waals surface area contributed by atoms with E-state index in [9.17, 15) is 0 Å². The van der Waals surface area contributed by atoms with Gasteiger partial charge in [-0.1, -0.05) is 0 Å². The standard InChI is InChI=1S/C12H17N5/c1-2-11(14-8-10-4-5-15-16-10)12(3-1)17-7-6-13-9-17/h4-7,9,11-12,14H,1-3,8H2,(H,15,16). The first kappa shape index (κ1) is 10.5. The summed E-state index contributed by atoms with van der Waals surface area (Å²) in [4.78, 5) is 4.13. The molecule has 0 radical (unpaired) electrons. The third-order valence-corrected chi connectivity index (χ3v) is 3.50. The summed E-state index contributed by atoms with van der Waals surface area (Å²) in [6.07, 6.45) is 11.4. The second kappa shape index (κ2) is 4.71. The summed E-state index contributed by atoms with van der Waals surface area (Å²) in [5, 5.41) is 10.5. The lowest BCUT2D eigenvalue weighted by molar-refractivity contribution is 0.389. The van der Waals surface area contributed by atoms with E-state index in [-0.39, 0.29) is 0 Å². The van der Waals surface area contributed by atoms with Crippen molar-refractivity contribution >= 4 is 0 Å². The number of aromatic amines is 1. The van der Waals surface area contributed by atoms with Crippen LogP contribution in [0.1, 0.15) is 31.0 Å². The zero-order chi connectivity index (χ0) is 11.5. The fourth-order valence-electron chi connectivity index (χ4n) is 2.63. The molecule has 3 rings (SSSR count). The minimum Gasteiger partial charge on any atom is -0.333 e. The minimum absolute atomic E-state index is 0.535. The third-order valence-electron chi connectivity index (χ3n) is 3.50. The SMILES string of the molecule is c1cn(C2CCCC2NCc2ccn[nH]2)cn1. The number of nitrogens with one attached hydrogen (secondary N) is 2. The average molecular weight is 231 g/mol. The molecule has 2 atom stereocenters. The number of imidazole rings is 1.